The number of pyridine rings is 1. The van der Waals surface area contributed by atoms with Crippen molar-refractivity contribution >= 4 is 28.8 Å². The molecule has 1 unspecified atom stereocenters. The van der Waals surface area contributed by atoms with Crippen molar-refractivity contribution in [3.05, 3.63) is 40.0 Å². The maximum Gasteiger partial charge on any atom is 0.225 e. The highest BCUT2D eigenvalue weighted by Gasteiger charge is 2.32. The molecule has 8 nitrogen and oxygen atoms in total. The number of nitrogens with zero attached hydrogens (tertiary/aromatic N) is 5. The van der Waals surface area contributed by atoms with E-state index in [0.29, 0.717) is 11.7 Å². The second-order valence-corrected chi connectivity index (χ2v) is 10.2. The topological polar surface area (TPSA) is 108 Å². The third-order valence-electron chi connectivity index (χ3n) is 6.59. The predicted octanol–water partition coefficient (Wildman–Crippen LogP) is 2.71. The van der Waals surface area contributed by atoms with Crippen LogP contribution in [0.3, 0.4) is 0 Å². The summed E-state index contributed by atoms with van der Waals surface area (Å²) < 4.78 is 0. The van der Waals surface area contributed by atoms with E-state index in [9.17, 15) is 9.90 Å². The summed E-state index contributed by atoms with van der Waals surface area (Å²) in [6.07, 6.45) is 4.50. The SMILES string of the molecule is Cc1nc(/C(=N/C(C)O)C2CCN(C(=O)C3CCN(Cc4ccnc(N)c4)CC3)CC2)cs1. The average molecular weight is 471 g/mol. The Morgan fingerprint density at radius 2 is 1.94 bits per heavy atom. The molecule has 0 bridgehead atoms. The molecule has 1 amide bonds. The van der Waals surface area contributed by atoms with E-state index in [1.54, 1.807) is 24.5 Å². The van der Waals surface area contributed by atoms with Crippen molar-refractivity contribution in [2.24, 2.45) is 16.8 Å². The highest BCUT2D eigenvalue weighted by molar-refractivity contribution is 7.09. The van der Waals surface area contributed by atoms with Crippen molar-refractivity contribution in [3.8, 4) is 0 Å². The number of rotatable bonds is 6. The summed E-state index contributed by atoms with van der Waals surface area (Å²) in [4.78, 5) is 30.7. The van der Waals surface area contributed by atoms with Crippen molar-refractivity contribution in [2.75, 3.05) is 31.9 Å². The fourth-order valence-electron chi connectivity index (χ4n) is 4.88. The Morgan fingerprint density at radius 1 is 1.24 bits per heavy atom. The number of aromatic nitrogens is 2. The quantitative estimate of drug-likeness (QED) is 0.629. The highest BCUT2D eigenvalue weighted by Crippen LogP contribution is 2.27. The molecule has 2 aliphatic rings. The molecular weight excluding hydrogens is 436 g/mol. The fourth-order valence-corrected chi connectivity index (χ4v) is 5.49. The van der Waals surface area contributed by atoms with Gasteiger partial charge in [0, 0.05) is 43.0 Å². The van der Waals surface area contributed by atoms with E-state index < -0.39 is 6.23 Å². The van der Waals surface area contributed by atoms with Crippen LogP contribution in [0.25, 0.3) is 0 Å². The van der Waals surface area contributed by atoms with Crippen LogP contribution in [0, 0.1) is 18.8 Å². The molecule has 178 valence electrons. The number of nitrogens with two attached hydrogens (primary N) is 1. The number of nitrogen functional groups attached to an aromatic ring is 1. The van der Waals surface area contributed by atoms with Gasteiger partial charge >= 0.3 is 0 Å². The summed E-state index contributed by atoms with van der Waals surface area (Å²) in [7, 11) is 0. The summed E-state index contributed by atoms with van der Waals surface area (Å²) in [6.45, 7) is 7.82. The van der Waals surface area contributed by atoms with E-state index in [1.165, 1.54) is 5.56 Å². The first kappa shape index (κ1) is 23.8. The molecule has 2 aliphatic heterocycles. The molecule has 1 atom stereocenters. The van der Waals surface area contributed by atoms with Crippen LogP contribution in [0.15, 0.2) is 28.7 Å². The number of aliphatic hydroxyl groups excluding tert-OH is 1. The number of thiazole rings is 1. The first-order valence-electron chi connectivity index (χ1n) is 11.8. The maximum absolute atomic E-state index is 13.2. The number of aryl methyl sites for hydroxylation is 1. The monoisotopic (exact) mass is 470 g/mol. The van der Waals surface area contributed by atoms with Gasteiger partial charge in [0.15, 0.2) is 0 Å². The third-order valence-corrected chi connectivity index (χ3v) is 7.36. The van der Waals surface area contributed by atoms with E-state index in [0.717, 1.165) is 74.8 Å². The Balaban J connectivity index is 1.29. The second kappa shape index (κ2) is 10.7. The zero-order valence-corrected chi connectivity index (χ0v) is 20.3. The van der Waals surface area contributed by atoms with E-state index in [-0.39, 0.29) is 11.8 Å². The van der Waals surface area contributed by atoms with Crippen LogP contribution in [-0.4, -0.2) is 68.9 Å². The zero-order valence-electron chi connectivity index (χ0n) is 19.5. The standard InChI is InChI=1S/C24H34N6O2S/c1-16(31)27-23(21-15-33-17(2)28-21)19-6-11-30(12-7-19)24(32)20-4-9-29(10-5-20)14-18-3-8-26-22(25)13-18/h3,8,13,15-16,19-20,31H,4-7,9-12,14H2,1-2H3,(H2,25,26)/b27-23+. The van der Waals surface area contributed by atoms with Gasteiger partial charge in [-0.2, -0.15) is 0 Å². The van der Waals surface area contributed by atoms with Crippen LogP contribution in [-0.2, 0) is 11.3 Å². The number of hydrogen-bond acceptors (Lipinski definition) is 8. The van der Waals surface area contributed by atoms with Crippen LogP contribution in [0.1, 0.15) is 48.9 Å². The molecule has 2 aromatic heterocycles. The number of carbonyl (C=O) groups is 1. The normalized spacial score (nSPS) is 20.2. The van der Waals surface area contributed by atoms with E-state index in [4.69, 9.17) is 5.73 Å². The summed E-state index contributed by atoms with van der Waals surface area (Å²) in [6, 6.07) is 3.92. The number of likely N-dealkylation sites (tertiary alicyclic amines) is 2. The van der Waals surface area contributed by atoms with Crippen LogP contribution < -0.4 is 5.73 Å². The summed E-state index contributed by atoms with van der Waals surface area (Å²) in [5, 5.41) is 12.9. The first-order chi connectivity index (χ1) is 15.9. The van der Waals surface area contributed by atoms with E-state index in [2.05, 4.69) is 19.9 Å². The number of hydrogen-bond donors (Lipinski definition) is 2. The molecule has 33 heavy (non-hydrogen) atoms. The number of aliphatic hydroxyl groups is 1. The summed E-state index contributed by atoms with van der Waals surface area (Å²) >= 11 is 1.60. The van der Waals surface area contributed by atoms with Crippen LogP contribution in [0.4, 0.5) is 5.82 Å². The van der Waals surface area contributed by atoms with Crippen molar-refractivity contribution in [1.82, 2.24) is 19.8 Å². The Morgan fingerprint density at radius 3 is 2.55 bits per heavy atom. The van der Waals surface area contributed by atoms with Crippen LogP contribution in [0.2, 0.25) is 0 Å². The molecule has 2 saturated heterocycles. The van der Waals surface area contributed by atoms with Crippen LogP contribution >= 0.6 is 11.3 Å². The van der Waals surface area contributed by atoms with Gasteiger partial charge in [-0.15, -0.1) is 11.3 Å². The molecule has 2 aromatic rings. The van der Waals surface area contributed by atoms with Gasteiger partial charge < -0.3 is 15.7 Å². The van der Waals surface area contributed by atoms with Gasteiger partial charge in [-0.1, -0.05) is 0 Å². The Kier molecular flexibility index (Phi) is 7.72. The van der Waals surface area contributed by atoms with Crippen molar-refractivity contribution < 1.29 is 9.90 Å². The highest BCUT2D eigenvalue weighted by atomic mass is 32.1. The molecule has 3 N–H and O–H groups in total. The molecule has 2 fully saturated rings. The number of amides is 1. The summed E-state index contributed by atoms with van der Waals surface area (Å²) in [5.41, 5.74) is 8.71. The lowest BCUT2D eigenvalue weighted by Gasteiger charge is -2.37. The van der Waals surface area contributed by atoms with Gasteiger partial charge in [-0.25, -0.2) is 9.97 Å². The third kappa shape index (κ3) is 6.16. The Hall–Kier alpha value is -2.36. The molecule has 4 rings (SSSR count). The molecule has 9 heteroatoms. The fraction of sp³-hybridized carbons (Fsp3) is 0.583. The molecule has 4 heterocycles. The number of aliphatic imine (C=N–C) groups is 1. The lowest BCUT2D eigenvalue weighted by Crippen LogP contribution is -2.46. The number of piperidine rings is 2. The molecule has 0 radical (unpaired) electrons. The Labute approximate surface area is 199 Å². The number of anilines is 1. The van der Waals surface area contributed by atoms with Crippen LogP contribution in [0.5, 0.6) is 0 Å². The maximum atomic E-state index is 13.2. The lowest BCUT2D eigenvalue weighted by atomic mass is 9.88. The molecule has 0 aromatic carbocycles. The smallest absolute Gasteiger partial charge is 0.225 e. The predicted molar refractivity (Wildman–Crippen MR) is 131 cm³/mol. The molecule has 0 saturated carbocycles. The second-order valence-electron chi connectivity index (χ2n) is 9.14. The van der Waals surface area contributed by atoms with Gasteiger partial charge in [-0.3, -0.25) is 14.7 Å². The minimum absolute atomic E-state index is 0.104. The van der Waals surface area contributed by atoms with Gasteiger partial charge in [0.25, 0.3) is 0 Å². The van der Waals surface area contributed by atoms with Crippen molar-refractivity contribution in [3.63, 3.8) is 0 Å². The molecule has 0 aliphatic carbocycles. The minimum atomic E-state index is -0.754. The average Bonchev–Trinajstić information content (AvgIpc) is 3.23. The van der Waals surface area contributed by atoms with Gasteiger partial charge in [0.05, 0.1) is 16.4 Å². The lowest BCUT2D eigenvalue weighted by molar-refractivity contribution is -0.138. The largest absolute Gasteiger partial charge is 0.384 e. The van der Waals surface area contributed by atoms with E-state index in [1.807, 2.05) is 29.3 Å². The van der Waals surface area contributed by atoms with Crippen molar-refractivity contribution in [1.29, 1.82) is 0 Å². The minimum Gasteiger partial charge on any atom is -0.384 e. The van der Waals surface area contributed by atoms with Gasteiger partial charge in [0.2, 0.25) is 5.91 Å². The molecule has 0 spiro atoms. The number of carbonyl (C=O) groups excluding carboxylic acids is 1. The van der Waals surface area contributed by atoms with Crippen molar-refractivity contribution in [2.45, 2.75) is 52.3 Å². The zero-order chi connectivity index (χ0) is 23.4. The van der Waals surface area contributed by atoms with Gasteiger partial charge in [-0.05, 0) is 70.3 Å². The summed E-state index contributed by atoms with van der Waals surface area (Å²) in [5.74, 6) is 1.17. The van der Waals surface area contributed by atoms with E-state index >= 15 is 0 Å². The molecular formula is C24H34N6O2S. The Bertz CT molecular complexity index is 975. The van der Waals surface area contributed by atoms with Gasteiger partial charge in [0.1, 0.15) is 12.0 Å². The first-order valence-corrected chi connectivity index (χ1v) is 12.7.